The Balaban J connectivity index is 2.05. The first-order valence-electron chi connectivity index (χ1n) is 6.33. The fraction of sp³-hybridized carbons (Fsp3) is 0.267. The maximum Gasteiger partial charge on any atom is 0.344 e. The first kappa shape index (κ1) is 14.3. The highest BCUT2D eigenvalue weighted by molar-refractivity contribution is 8.40. The van der Waals surface area contributed by atoms with Crippen LogP contribution in [0.4, 0.5) is 0 Å². The van der Waals surface area contributed by atoms with E-state index in [4.69, 9.17) is 4.18 Å². The zero-order valence-electron chi connectivity index (χ0n) is 11.5. The van der Waals surface area contributed by atoms with Gasteiger partial charge in [0, 0.05) is 9.81 Å². The van der Waals surface area contributed by atoms with E-state index < -0.39 is 11.2 Å². The molecule has 2 rings (SSSR count). The second kappa shape index (κ2) is 6.35. The lowest BCUT2D eigenvalue weighted by atomic mass is 10.1. The lowest BCUT2D eigenvalue weighted by Crippen LogP contribution is -2.05. The van der Waals surface area contributed by atoms with Crippen molar-refractivity contribution in [3.63, 3.8) is 0 Å². The van der Waals surface area contributed by atoms with E-state index in [0.717, 1.165) is 17.6 Å². The quantitative estimate of drug-likeness (QED) is 0.585. The molecule has 1 unspecified atom stereocenters. The summed E-state index contributed by atoms with van der Waals surface area (Å²) in [7, 11) is -0.381. The molecule has 0 saturated carbocycles. The van der Waals surface area contributed by atoms with Crippen LogP contribution in [-0.4, -0.2) is 5.97 Å². The molecule has 0 amide bonds. The second-order valence-electron chi connectivity index (χ2n) is 4.42. The molecule has 0 radical (unpaired) electrons. The SMILES string of the molecule is CCC(C)=C(C)C(=O)O[SH]1C=CC=C1[SH]1C=CC=C1. The third-order valence-electron chi connectivity index (χ3n) is 3.22. The molecular formula is C15H20O2S2. The molecule has 0 bridgehead atoms. The number of thiol groups is 2. The van der Waals surface area contributed by atoms with E-state index in [2.05, 4.69) is 36.0 Å². The van der Waals surface area contributed by atoms with Gasteiger partial charge in [0.1, 0.15) is 0 Å². The van der Waals surface area contributed by atoms with Crippen LogP contribution in [0.15, 0.2) is 55.9 Å². The third-order valence-corrected chi connectivity index (χ3v) is 7.57. The van der Waals surface area contributed by atoms with Gasteiger partial charge in [0.25, 0.3) is 0 Å². The average molecular weight is 296 g/mol. The number of rotatable bonds is 4. The molecule has 19 heavy (non-hydrogen) atoms. The Bertz CT molecular complexity index is 512. The first-order chi connectivity index (χ1) is 9.13. The Morgan fingerprint density at radius 3 is 2.47 bits per heavy atom. The maximum atomic E-state index is 12.1. The normalized spacial score (nSPS) is 25.5. The Morgan fingerprint density at radius 2 is 1.84 bits per heavy atom. The molecule has 0 aliphatic carbocycles. The Labute approximate surface area is 120 Å². The number of carbonyl (C=O) groups is 1. The van der Waals surface area contributed by atoms with Crippen molar-refractivity contribution in [2.24, 2.45) is 0 Å². The number of hydrogen-bond donors (Lipinski definition) is 2. The molecule has 2 nitrogen and oxygen atoms in total. The minimum absolute atomic E-state index is 0.176. The van der Waals surface area contributed by atoms with Gasteiger partial charge in [-0.1, -0.05) is 30.7 Å². The van der Waals surface area contributed by atoms with Crippen molar-refractivity contribution in [2.45, 2.75) is 27.2 Å². The van der Waals surface area contributed by atoms with Gasteiger partial charge in [0.15, 0.2) is 0 Å². The highest BCUT2D eigenvalue weighted by Gasteiger charge is 2.21. The third kappa shape index (κ3) is 3.25. The summed E-state index contributed by atoms with van der Waals surface area (Å²) in [5.74, 6) is -0.176. The largest absolute Gasteiger partial charge is 0.406 e. The lowest BCUT2D eigenvalue weighted by molar-refractivity contribution is -0.128. The summed E-state index contributed by atoms with van der Waals surface area (Å²) in [6, 6.07) is 0. The van der Waals surface area contributed by atoms with Crippen LogP contribution >= 0.6 is 22.1 Å². The molecular weight excluding hydrogens is 276 g/mol. The summed E-state index contributed by atoms with van der Waals surface area (Å²) in [5.41, 5.74) is 1.84. The minimum atomic E-state index is -0.898. The molecule has 104 valence electrons. The first-order valence-corrected chi connectivity index (χ1v) is 9.14. The summed E-state index contributed by atoms with van der Waals surface area (Å²) >= 11 is -0.898. The number of carbonyl (C=O) groups excluding carboxylic acids is 1. The van der Waals surface area contributed by atoms with Crippen molar-refractivity contribution < 1.29 is 8.98 Å². The van der Waals surface area contributed by atoms with Crippen molar-refractivity contribution in [1.29, 1.82) is 0 Å². The monoisotopic (exact) mass is 296 g/mol. The van der Waals surface area contributed by atoms with Crippen molar-refractivity contribution in [2.75, 3.05) is 0 Å². The van der Waals surface area contributed by atoms with Crippen LogP contribution in [-0.2, 0) is 8.98 Å². The Morgan fingerprint density at radius 1 is 1.16 bits per heavy atom. The van der Waals surface area contributed by atoms with E-state index in [0.29, 0.717) is 0 Å². The lowest BCUT2D eigenvalue weighted by Gasteiger charge is -2.23. The minimum Gasteiger partial charge on any atom is -0.406 e. The molecule has 2 aliphatic rings. The van der Waals surface area contributed by atoms with Crippen molar-refractivity contribution in [1.82, 2.24) is 0 Å². The second-order valence-corrected chi connectivity index (χ2v) is 8.28. The van der Waals surface area contributed by atoms with Crippen LogP contribution in [0.1, 0.15) is 27.2 Å². The average Bonchev–Trinajstić information content (AvgIpc) is 3.06. The van der Waals surface area contributed by atoms with Gasteiger partial charge in [-0.3, -0.25) is 0 Å². The van der Waals surface area contributed by atoms with E-state index in [1.54, 1.807) is 0 Å². The van der Waals surface area contributed by atoms with E-state index in [1.807, 2.05) is 25.3 Å². The zero-order valence-corrected chi connectivity index (χ0v) is 13.2. The highest BCUT2D eigenvalue weighted by Crippen LogP contribution is 2.58. The van der Waals surface area contributed by atoms with Crippen molar-refractivity contribution in [3.8, 4) is 0 Å². The van der Waals surface area contributed by atoms with Gasteiger partial charge in [-0.15, -0.1) is 0 Å². The van der Waals surface area contributed by atoms with E-state index in [-0.39, 0.29) is 16.9 Å². The van der Waals surface area contributed by atoms with Gasteiger partial charge < -0.3 is 4.18 Å². The number of hydrogen-bond acceptors (Lipinski definition) is 2. The molecule has 2 aliphatic heterocycles. The fourth-order valence-corrected chi connectivity index (χ4v) is 5.68. The van der Waals surface area contributed by atoms with Crippen LogP contribution in [0.25, 0.3) is 0 Å². The van der Waals surface area contributed by atoms with Gasteiger partial charge in [-0.2, -0.15) is 10.9 Å². The van der Waals surface area contributed by atoms with E-state index in [1.165, 1.54) is 4.24 Å². The summed E-state index contributed by atoms with van der Waals surface area (Å²) < 4.78 is 6.94. The Kier molecular flexibility index (Phi) is 4.77. The summed E-state index contributed by atoms with van der Waals surface area (Å²) in [5, 5.41) is 6.40. The molecule has 0 saturated heterocycles. The van der Waals surface area contributed by atoms with Crippen LogP contribution in [0, 0.1) is 0 Å². The molecule has 4 heteroatoms. The molecule has 0 fully saturated rings. The van der Waals surface area contributed by atoms with Crippen LogP contribution < -0.4 is 0 Å². The molecule has 0 aromatic carbocycles. The Hall–Kier alpha value is -1.13. The van der Waals surface area contributed by atoms with Crippen molar-refractivity contribution >= 4 is 28.0 Å². The number of allylic oxidation sites excluding steroid dienone is 5. The van der Waals surface area contributed by atoms with Crippen LogP contribution in [0.5, 0.6) is 0 Å². The van der Waals surface area contributed by atoms with E-state index in [9.17, 15) is 4.79 Å². The highest BCUT2D eigenvalue weighted by atomic mass is 32.3. The molecule has 0 spiro atoms. The smallest absolute Gasteiger partial charge is 0.344 e. The van der Waals surface area contributed by atoms with Gasteiger partial charge in [-0.25, -0.2) is 4.79 Å². The van der Waals surface area contributed by atoms with Gasteiger partial charge >= 0.3 is 5.97 Å². The molecule has 2 heterocycles. The molecule has 0 aromatic heterocycles. The topological polar surface area (TPSA) is 26.3 Å². The summed E-state index contributed by atoms with van der Waals surface area (Å²) in [4.78, 5) is 12.1. The molecule has 0 N–H and O–H groups in total. The van der Waals surface area contributed by atoms with Gasteiger partial charge in [-0.05, 0) is 53.7 Å². The predicted molar refractivity (Wildman–Crippen MR) is 88.2 cm³/mol. The summed E-state index contributed by atoms with van der Waals surface area (Å²) in [6.45, 7) is 5.88. The van der Waals surface area contributed by atoms with Crippen molar-refractivity contribution in [3.05, 3.63) is 55.9 Å². The van der Waals surface area contributed by atoms with Crippen LogP contribution in [0.3, 0.4) is 0 Å². The fourth-order valence-electron chi connectivity index (χ4n) is 1.72. The maximum absolute atomic E-state index is 12.1. The van der Waals surface area contributed by atoms with E-state index >= 15 is 0 Å². The zero-order chi connectivity index (χ0) is 13.8. The van der Waals surface area contributed by atoms with Crippen LogP contribution in [0.2, 0.25) is 0 Å². The van der Waals surface area contributed by atoms with Gasteiger partial charge in [0.2, 0.25) is 0 Å². The molecule has 1 atom stereocenters. The predicted octanol–water partition coefficient (Wildman–Crippen LogP) is 4.60. The van der Waals surface area contributed by atoms with Gasteiger partial charge in [0.05, 0.1) is 0 Å². The summed E-state index contributed by atoms with van der Waals surface area (Å²) in [6.07, 6.45) is 9.10. The molecule has 0 aromatic rings. The standard InChI is InChI=1S/C15H20O2S2/c1-4-12(2)13(3)15(16)17-19-11-7-8-14(19)18-9-5-6-10-18/h5-11,18-19H,4H2,1-3H3.